The van der Waals surface area contributed by atoms with Gasteiger partial charge in [0.1, 0.15) is 0 Å². The van der Waals surface area contributed by atoms with Gasteiger partial charge >= 0.3 is 0 Å². The number of carbonyl (C=O) groups excluding carboxylic acids is 1. The van der Waals surface area contributed by atoms with E-state index >= 15 is 0 Å². The smallest absolute Gasteiger partial charge is 0.257 e. The third-order valence-electron chi connectivity index (χ3n) is 5.22. The van der Waals surface area contributed by atoms with Gasteiger partial charge in [-0.15, -0.1) is 0 Å². The van der Waals surface area contributed by atoms with Crippen molar-refractivity contribution in [2.75, 3.05) is 32.4 Å². The molecule has 0 aliphatic carbocycles. The van der Waals surface area contributed by atoms with E-state index in [1.807, 2.05) is 0 Å². The first kappa shape index (κ1) is 18.1. The van der Waals surface area contributed by atoms with Gasteiger partial charge in [-0.05, 0) is 12.8 Å². The van der Waals surface area contributed by atoms with Gasteiger partial charge in [0.15, 0.2) is 5.82 Å². The Morgan fingerprint density at radius 3 is 2.52 bits per heavy atom. The Balaban J connectivity index is 1.33. The Labute approximate surface area is 157 Å². The summed E-state index contributed by atoms with van der Waals surface area (Å²) in [6.45, 7) is 2.04. The Kier molecular flexibility index (Phi) is 4.50. The molecule has 0 atom stereocenters. The van der Waals surface area contributed by atoms with Crippen molar-refractivity contribution in [1.82, 2.24) is 29.1 Å². The van der Waals surface area contributed by atoms with Gasteiger partial charge in [0.2, 0.25) is 15.9 Å². The Hall–Kier alpha value is -2.27. The van der Waals surface area contributed by atoms with Crippen LogP contribution < -0.4 is 0 Å². The van der Waals surface area contributed by atoms with E-state index in [2.05, 4.69) is 15.2 Å². The standard InChI is InChI=1S/C16H22N6O4S/c1-20-8-12(7-17-20)16(23)21-9-13(10-21)15-18-14(19-26-15)11-3-5-22(6-4-11)27(2,24)25/h7-8,11,13H,3-6,9-10H2,1-2H3. The molecular weight excluding hydrogens is 372 g/mol. The van der Waals surface area contributed by atoms with Crippen molar-refractivity contribution < 1.29 is 17.7 Å². The van der Waals surface area contributed by atoms with E-state index in [1.165, 1.54) is 10.6 Å². The minimum atomic E-state index is -3.14. The lowest BCUT2D eigenvalue weighted by Crippen LogP contribution is -2.48. The van der Waals surface area contributed by atoms with Crippen LogP contribution in [0.3, 0.4) is 0 Å². The Morgan fingerprint density at radius 1 is 1.22 bits per heavy atom. The normalized spacial score (nSPS) is 20.0. The van der Waals surface area contributed by atoms with E-state index in [9.17, 15) is 13.2 Å². The van der Waals surface area contributed by atoms with E-state index in [0.717, 1.165) is 0 Å². The van der Waals surface area contributed by atoms with Crippen LogP contribution in [0.5, 0.6) is 0 Å². The number of hydrogen-bond acceptors (Lipinski definition) is 7. The average Bonchev–Trinajstić information content (AvgIpc) is 3.22. The molecule has 4 heterocycles. The van der Waals surface area contributed by atoms with Crippen LogP contribution in [-0.4, -0.2) is 75.9 Å². The van der Waals surface area contributed by atoms with Crippen LogP contribution in [0, 0.1) is 0 Å². The van der Waals surface area contributed by atoms with Gasteiger partial charge in [-0.3, -0.25) is 9.48 Å². The zero-order valence-corrected chi connectivity index (χ0v) is 16.1. The van der Waals surface area contributed by atoms with Gasteiger partial charge in [0.25, 0.3) is 5.91 Å². The monoisotopic (exact) mass is 394 g/mol. The zero-order chi connectivity index (χ0) is 19.2. The van der Waals surface area contributed by atoms with Crippen molar-refractivity contribution in [1.29, 1.82) is 0 Å². The summed E-state index contributed by atoms with van der Waals surface area (Å²) in [5, 5.41) is 8.11. The highest BCUT2D eigenvalue weighted by Gasteiger charge is 2.37. The molecule has 2 aliphatic heterocycles. The van der Waals surface area contributed by atoms with Crippen LogP contribution in [0.2, 0.25) is 0 Å². The molecular formula is C16H22N6O4S. The second kappa shape index (κ2) is 6.71. The number of aromatic nitrogens is 4. The maximum atomic E-state index is 12.3. The summed E-state index contributed by atoms with van der Waals surface area (Å²) in [7, 11) is -1.37. The summed E-state index contributed by atoms with van der Waals surface area (Å²) in [6, 6.07) is 0. The quantitative estimate of drug-likeness (QED) is 0.727. The minimum absolute atomic E-state index is 0.0444. The number of likely N-dealkylation sites (tertiary alicyclic amines) is 1. The van der Waals surface area contributed by atoms with Crippen molar-refractivity contribution in [3.05, 3.63) is 29.7 Å². The lowest BCUT2D eigenvalue weighted by atomic mass is 9.97. The van der Waals surface area contributed by atoms with E-state index in [-0.39, 0.29) is 17.7 Å². The van der Waals surface area contributed by atoms with Crippen LogP contribution in [0.25, 0.3) is 0 Å². The van der Waals surface area contributed by atoms with Crippen LogP contribution in [-0.2, 0) is 17.1 Å². The van der Waals surface area contributed by atoms with Gasteiger partial charge < -0.3 is 9.42 Å². The molecule has 2 saturated heterocycles. The van der Waals surface area contributed by atoms with Crippen molar-refractivity contribution in [3.63, 3.8) is 0 Å². The predicted molar refractivity (Wildman–Crippen MR) is 94.5 cm³/mol. The molecule has 2 aliphatic rings. The third-order valence-corrected chi connectivity index (χ3v) is 6.52. The summed E-state index contributed by atoms with van der Waals surface area (Å²) in [5.41, 5.74) is 0.569. The van der Waals surface area contributed by atoms with Gasteiger partial charge in [0, 0.05) is 45.3 Å². The third kappa shape index (κ3) is 3.61. The van der Waals surface area contributed by atoms with Gasteiger partial charge in [-0.25, -0.2) is 12.7 Å². The summed E-state index contributed by atoms with van der Waals surface area (Å²) in [6.07, 6.45) is 5.85. The molecule has 11 heteroatoms. The summed E-state index contributed by atoms with van der Waals surface area (Å²) in [5.74, 6) is 1.28. The Bertz CT molecular complexity index is 938. The molecule has 0 unspecified atom stereocenters. The largest absolute Gasteiger partial charge is 0.339 e. The number of carbonyl (C=O) groups is 1. The first-order valence-electron chi connectivity index (χ1n) is 8.88. The molecule has 0 N–H and O–H groups in total. The van der Waals surface area contributed by atoms with Crippen LogP contribution in [0.1, 0.15) is 46.8 Å². The molecule has 2 aromatic heterocycles. The molecule has 0 spiro atoms. The molecule has 1 amide bonds. The Morgan fingerprint density at radius 2 is 1.93 bits per heavy atom. The molecule has 4 rings (SSSR count). The number of amides is 1. The molecule has 27 heavy (non-hydrogen) atoms. The van der Waals surface area contributed by atoms with Crippen LogP contribution >= 0.6 is 0 Å². The summed E-state index contributed by atoms with van der Waals surface area (Å²) >= 11 is 0. The number of nitrogens with zero attached hydrogens (tertiary/aromatic N) is 6. The maximum Gasteiger partial charge on any atom is 0.257 e. The SMILES string of the molecule is Cn1cc(C(=O)N2CC(c3nc(C4CCN(S(C)(=O)=O)CC4)no3)C2)cn1. The van der Waals surface area contributed by atoms with E-state index in [0.29, 0.717) is 56.3 Å². The second-order valence-corrected chi connectivity index (χ2v) is 9.22. The van der Waals surface area contributed by atoms with Crippen molar-refractivity contribution >= 4 is 15.9 Å². The molecule has 0 radical (unpaired) electrons. The molecule has 0 bridgehead atoms. The number of hydrogen-bond donors (Lipinski definition) is 0. The molecule has 10 nitrogen and oxygen atoms in total. The van der Waals surface area contributed by atoms with Crippen LogP contribution in [0.4, 0.5) is 0 Å². The number of rotatable bonds is 4. The number of sulfonamides is 1. The van der Waals surface area contributed by atoms with Gasteiger partial charge in [0.05, 0.1) is 23.9 Å². The predicted octanol–water partition coefficient (Wildman–Crippen LogP) is 0.182. The maximum absolute atomic E-state index is 12.3. The minimum Gasteiger partial charge on any atom is -0.339 e. The van der Waals surface area contributed by atoms with Crippen LogP contribution in [0.15, 0.2) is 16.9 Å². The summed E-state index contributed by atoms with van der Waals surface area (Å²) in [4.78, 5) is 18.6. The summed E-state index contributed by atoms with van der Waals surface area (Å²) < 4.78 is 31.7. The van der Waals surface area contributed by atoms with Crippen molar-refractivity contribution in [3.8, 4) is 0 Å². The first-order chi connectivity index (χ1) is 12.8. The fourth-order valence-electron chi connectivity index (χ4n) is 3.54. The van der Waals surface area contributed by atoms with E-state index < -0.39 is 10.0 Å². The van der Waals surface area contributed by atoms with E-state index in [1.54, 1.807) is 29.0 Å². The molecule has 0 aromatic carbocycles. The number of aryl methyl sites for hydroxylation is 1. The second-order valence-electron chi connectivity index (χ2n) is 7.24. The fourth-order valence-corrected chi connectivity index (χ4v) is 4.41. The molecule has 0 saturated carbocycles. The lowest BCUT2D eigenvalue weighted by molar-refractivity contribution is 0.0569. The highest BCUT2D eigenvalue weighted by Crippen LogP contribution is 2.31. The van der Waals surface area contributed by atoms with Crippen molar-refractivity contribution in [2.24, 2.45) is 7.05 Å². The lowest BCUT2D eigenvalue weighted by Gasteiger charge is -2.36. The highest BCUT2D eigenvalue weighted by molar-refractivity contribution is 7.88. The molecule has 2 aromatic rings. The first-order valence-corrected chi connectivity index (χ1v) is 10.7. The highest BCUT2D eigenvalue weighted by atomic mass is 32.2. The van der Waals surface area contributed by atoms with Crippen molar-refractivity contribution in [2.45, 2.75) is 24.7 Å². The molecule has 2 fully saturated rings. The molecule has 146 valence electrons. The zero-order valence-electron chi connectivity index (χ0n) is 15.3. The number of piperidine rings is 1. The van der Waals surface area contributed by atoms with E-state index in [4.69, 9.17) is 4.52 Å². The average molecular weight is 394 g/mol. The van der Waals surface area contributed by atoms with Gasteiger partial charge in [-0.1, -0.05) is 5.16 Å². The van der Waals surface area contributed by atoms with Gasteiger partial charge in [-0.2, -0.15) is 10.1 Å². The topological polar surface area (TPSA) is 114 Å². The fraction of sp³-hybridized carbons (Fsp3) is 0.625.